The molecule has 2 aliphatic rings. The minimum absolute atomic E-state index is 0.107. The largest absolute Gasteiger partial charge is 0.382 e. The first-order valence-corrected chi connectivity index (χ1v) is 12.7. The van der Waals surface area contributed by atoms with Gasteiger partial charge in [0, 0.05) is 42.9 Å². The molecule has 1 aromatic heterocycles. The smallest absolute Gasteiger partial charge is 0.230 e. The van der Waals surface area contributed by atoms with Crippen LogP contribution in [0.1, 0.15) is 69.3 Å². The van der Waals surface area contributed by atoms with Crippen LogP contribution in [0.5, 0.6) is 0 Å². The summed E-state index contributed by atoms with van der Waals surface area (Å²) in [6, 6.07) is 9.62. The number of hydrogen-bond donors (Lipinski definition) is 2. The Kier molecular flexibility index (Phi) is 7.93. The Hall–Kier alpha value is -2.80. The van der Waals surface area contributed by atoms with Crippen LogP contribution in [0.15, 0.2) is 36.7 Å². The Morgan fingerprint density at radius 3 is 2.59 bits per heavy atom. The average molecular weight is 463 g/mol. The van der Waals surface area contributed by atoms with Crippen molar-refractivity contribution in [2.75, 3.05) is 18.0 Å². The lowest BCUT2D eigenvalue weighted by Gasteiger charge is -2.39. The molecule has 1 saturated heterocycles. The Balaban J connectivity index is 1.37. The lowest BCUT2D eigenvalue weighted by atomic mass is 9.88. The highest BCUT2D eigenvalue weighted by atomic mass is 16.2. The monoisotopic (exact) mass is 462 g/mol. The first kappa shape index (κ1) is 24.3. The number of para-hydroxylation sites is 1. The minimum atomic E-state index is -0.179. The number of nitrogen functional groups attached to an aromatic ring is 1. The normalized spacial score (nSPS) is 23.1. The van der Waals surface area contributed by atoms with E-state index in [0.29, 0.717) is 36.3 Å². The number of benzene rings is 1. The third-order valence-corrected chi connectivity index (χ3v) is 7.45. The first-order chi connectivity index (χ1) is 16.4. The number of nitrogens with two attached hydrogens (primary N) is 1. The highest BCUT2D eigenvalue weighted by Gasteiger charge is 2.33. The fraction of sp³-hybridized carbons (Fsp3) is 0.556. The van der Waals surface area contributed by atoms with Gasteiger partial charge in [0.15, 0.2) is 0 Å². The van der Waals surface area contributed by atoms with Crippen LogP contribution >= 0.6 is 0 Å². The van der Waals surface area contributed by atoms with Gasteiger partial charge in [-0.1, -0.05) is 31.0 Å². The summed E-state index contributed by atoms with van der Waals surface area (Å²) in [6.07, 6.45) is 11.6. The molecule has 2 aromatic rings. The Morgan fingerprint density at radius 1 is 1.09 bits per heavy atom. The van der Waals surface area contributed by atoms with E-state index >= 15 is 0 Å². The van der Waals surface area contributed by atoms with Crippen molar-refractivity contribution < 1.29 is 4.79 Å². The van der Waals surface area contributed by atoms with Gasteiger partial charge in [-0.15, -0.1) is 0 Å². The number of carbonyl (C=O) groups is 1. The van der Waals surface area contributed by atoms with Gasteiger partial charge in [-0.25, -0.2) is 4.98 Å². The van der Waals surface area contributed by atoms with Crippen LogP contribution in [0.4, 0.5) is 5.69 Å². The lowest BCUT2D eigenvalue weighted by molar-refractivity contribution is -0.122. The summed E-state index contributed by atoms with van der Waals surface area (Å²) in [5, 5.41) is 7.61. The SMILES string of the molecule is C[C@@H]1CCC[C@H](C)N1CCCCCN1C(=O)C(Cc2cncc(C(=N)N)n2)Cc2ccccc21. The minimum Gasteiger partial charge on any atom is -0.382 e. The van der Waals surface area contributed by atoms with Crippen molar-refractivity contribution >= 4 is 17.4 Å². The van der Waals surface area contributed by atoms with Crippen molar-refractivity contribution in [1.82, 2.24) is 14.9 Å². The van der Waals surface area contributed by atoms with Crippen LogP contribution < -0.4 is 10.6 Å². The third kappa shape index (κ3) is 5.63. The van der Waals surface area contributed by atoms with Crippen LogP contribution in [0.3, 0.4) is 0 Å². The van der Waals surface area contributed by atoms with E-state index in [9.17, 15) is 4.79 Å². The van der Waals surface area contributed by atoms with Gasteiger partial charge in [-0.05, 0) is 64.1 Å². The summed E-state index contributed by atoms with van der Waals surface area (Å²) in [7, 11) is 0. The van der Waals surface area contributed by atoms with Crippen molar-refractivity contribution in [1.29, 1.82) is 5.41 Å². The zero-order valence-corrected chi connectivity index (χ0v) is 20.5. The summed E-state index contributed by atoms with van der Waals surface area (Å²) in [5.74, 6) is -0.127. The van der Waals surface area contributed by atoms with Gasteiger partial charge in [0.05, 0.1) is 11.9 Å². The quantitative estimate of drug-likeness (QED) is 0.334. The molecule has 1 amide bonds. The van der Waals surface area contributed by atoms with Crippen molar-refractivity contribution in [3.63, 3.8) is 0 Å². The average Bonchev–Trinajstić information content (AvgIpc) is 2.82. The molecule has 182 valence electrons. The number of aromatic nitrogens is 2. The van der Waals surface area contributed by atoms with Gasteiger partial charge in [0.1, 0.15) is 11.5 Å². The van der Waals surface area contributed by atoms with E-state index in [2.05, 4.69) is 40.8 Å². The number of hydrogen-bond acceptors (Lipinski definition) is 5. The third-order valence-electron chi connectivity index (χ3n) is 7.45. The molecule has 4 rings (SSSR count). The molecular formula is C27H38N6O. The number of rotatable bonds is 9. The number of carbonyl (C=O) groups excluding carboxylic acids is 1. The Labute approximate surface area is 203 Å². The summed E-state index contributed by atoms with van der Waals surface area (Å²) in [4.78, 5) is 26.8. The zero-order valence-electron chi connectivity index (χ0n) is 20.5. The highest BCUT2D eigenvalue weighted by molar-refractivity contribution is 5.98. The molecule has 7 heteroatoms. The molecule has 34 heavy (non-hydrogen) atoms. The number of unbranched alkanes of at least 4 members (excludes halogenated alkanes) is 2. The number of fused-ring (bicyclic) bond motifs is 1. The molecular weight excluding hydrogens is 424 g/mol. The molecule has 0 spiro atoms. The first-order valence-electron chi connectivity index (χ1n) is 12.7. The summed E-state index contributed by atoms with van der Waals surface area (Å²) < 4.78 is 0. The second kappa shape index (κ2) is 11.1. The van der Waals surface area contributed by atoms with E-state index in [1.54, 1.807) is 6.20 Å². The van der Waals surface area contributed by atoms with Gasteiger partial charge in [-0.2, -0.15) is 0 Å². The molecule has 0 bridgehead atoms. The second-order valence-electron chi connectivity index (χ2n) is 9.96. The molecule has 1 aromatic carbocycles. The lowest BCUT2D eigenvalue weighted by Crippen LogP contribution is -2.44. The molecule has 1 unspecified atom stereocenters. The fourth-order valence-corrected chi connectivity index (χ4v) is 5.57. The topological polar surface area (TPSA) is 99.2 Å². The van der Waals surface area contributed by atoms with Crippen LogP contribution in [0, 0.1) is 11.3 Å². The molecule has 0 saturated carbocycles. The van der Waals surface area contributed by atoms with E-state index in [-0.39, 0.29) is 17.7 Å². The number of nitrogens with one attached hydrogen (secondary N) is 1. The number of likely N-dealkylation sites (tertiary alicyclic amines) is 1. The van der Waals surface area contributed by atoms with E-state index in [1.807, 2.05) is 17.0 Å². The predicted molar refractivity (Wildman–Crippen MR) is 136 cm³/mol. The van der Waals surface area contributed by atoms with Gasteiger partial charge in [0.25, 0.3) is 0 Å². The molecule has 1 fully saturated rings. The molecule has 3 atom stereocenters. The van der Waals surface area contributed by atoms with Crippen LogP contribution in [-0.2, 0) is 17.6 Å². The number of amides is 1. The van der Waals surface area contributed by atoms with Crippen molar-refractivity contribution in [2.24, 2.45) is 11.7 Å². The highest BCUT2D eigenvalue weighted by Crippen LogP contribution is 2.32. The van der Waals surface area contributed by atoms with Crippen LogP contribution in [-0.4, -0.2) is 51.8 Å². The molecule has 0 radical (unpaired) electrons. The van der Waals surface area contributed by atoms with Crippen molar-refractivity contribution in [3.8, 4) is 0 Å². The Morgan fingerprint density at radius 2 is 1.82 bits per heavy atom. The second-order valence-corrected chi connectivity index (χ2v) is 9.96. The Bertz CT molecular complexity index is 998. The number of piperidine rings is 1. The maximum absolute atomic E-state index is 13.5. The van der Waals surface area contributed by atoms with E-state index < -0.39 is 0 Å². The van der Waals surface area contributed by atoms with Crippen molar-refractivity contribution in [2.45, 2.75) is 77.3 Å². The molecule has 2 aliphatic heterocycles. The summed E-state index contributed by atoms with van der Waals surface area (Å²) >= 11 is 0. The standard InChI is InChI=1S/C27H38N6O/c1-19-9-8-10-20(2)32(19)13-6-3-7-14-33-25-12-5-4-11-21(25)15-22(27(33)34)16-23-17-30-18-24(31-23)26(28)29/h4-5,11-12,17-20,22H,3,6-10,13-16H2,1-2H3,(H3,28,29)/t19-,20+,22?. The van der Waals surface area contributed by atoms with Crippen LogP contribution in [0.25, 0.3) is 0 Å². The molecule has 3 N–H and O–H groups in total. The van der Waals surface area contributed by atoms with Gasteiger partial charge >= 0.3 is 0 Å². The maximum Gasteiger partial charge on any atom is 0.230 e. The predicted octanol–water partition coefficient (Wildman–Crippen LogP) is 3.94. The zero-order chi connectivity index (χ0) is 24.1. The van der Waals surface area contributed by atoms with Gasteiger partial charge < -0.3 is 10.6 Å². The number of nitrogens with zero attached hydrogens (tertiary/aromatic N) is 4. The number of amidine groups is 1. The van der Waals surface area contributed by atoms with E-state index in [0.717, 1.165) is 31.6 Å². The summed E-state index contributed by atoms with van der Waals surface area (Å²) in [5.41, 5.74) is 8.89. The van der Waals surface area contributed by atoms with Gasteiger partial charge in [0.2, 0.25) is 5.91 Å². The van der Waals surface area contributed by atoms with E-state index in [4.69, 9.17) is 11.1 Å². The molecule has 3 heterocycles. The summed E-state index contributed by atoms with van der Waals surface area (Å²) in [6.45, 7) is 6.61. The van der Waals surface area contributed by atoms with Crippen molar-refractivity contribution in [3.05, 3.63) is 53.6 Å². The van der Waals surface area contributed by atoms with Crippen LogP contribution in [0.2, 0.25) is 0 Å². The molecule has 0 aliphatic carbocycles. The molecule has 7 nitrogen and oxygen atoms in total. The fourth-order valence-electron chi connectivity index (χ4n) is 5.57. The number of anilines is 1. The van der Waals surface area contributed by atoms with E-state index in [1.165, 1.54) is 37.4 Å². The maximum atomic E-state index is 13.5. The van der Waals surface area contributed by atoms with Gasteiger partial charge in [-0.3, -0.25) is 20.1 Å².